The molecule has 1 fully saturated rings. The number of nitrogens with two attached hydrogens (primary N) is 1. The van der Waals surface area contributed by atoms with Crippen LogP contribution in [0.15, 0.2) is 29.8 Å². The Hall–Kier alpha value is -0.740. The summed E-state index contributed by atoms with van der Waals surface area (Å²) in [5.74, 6) is -0.171. The number of aliphatic hydroxyl groups is 1. The number of H-pyrrole nitrogens is 1. The Bertz CT molecular complexity index is 1350. The van der Waals surface area contributed by atoms with E-state index in [1.165, 1.54) is 10.4 Å². The molecule has 4 N–H and O–H groups in total. The van der Waals surface area contributed by atoms with Gasteiger partial charge in [0.05, 0.1) is 6.61 Å². The van der Waals surface area contributed by atoms with Gasteiger partial charge in [-0.05, 0) is 7.05 Å². The molecule has 0 aliphatic carbocycles. The molecule has 11 heteroatoms. The summed E-state index contributed by atoms with van der Waals surface area (Å²) in [6.45, 7) is 5.15. The molecule has 0 spiro atoms. The first-order valence-electron chi connectivity index (χ1n) is 12.3. The summed E-state index contributed by atoms with van der Waals surface area (Å²) in [5, 5.41) is 12.1. The predicted octanol–water partition coefficient (Wildman–Crippen LogP) is 1.59. The summed E-state index contributed by atoms with van der Waals surface area (Å²) < 4.78 is 29.0. The van der Waals surface area contributed by atoms with Gasteiger partial charge in [0.25, 0.3) is 0 Å². The number of hydrogen-bond acceptors (Lipinski definition) is 6. The molecule has 4 rings (SSSR count). The predicted molar refractivity (Wildman–Crippen MR) is 158 cm³/mol. The van der Waals surface area contributed by atoms with Crippen LogP contribution in [0.25, 0.3) is 22.0 Å². The van der Waals surface area contributed by atoms with Crippen molar-refractivity contribution in [1.82, 2.24) is 9.88 Å². The van der Waals surface area contributed by atoms with E-state index in [9.17, 15) is 18.3 Å². The summed E-state index contributed by atoms with van der Waals surface area (Å²) >= 11 is -0.484. The van der Waals surface area contributed by atoms with Crippen LogP contribution in [0.4, 0.5) is 0 Å². The number of carbonyl (C=O) groups is 1. The third-order valence-corrected chi connectivity index (χ3v) is 33.7. The topological polar surface area (TPSA) is 116 Å². The second kappa shape index (κ2) is 12.6. The molecule has 1 aromatic carbocycles. The number of benzene rings is 1. The van der Waals surface area contributed by atoms with Crippen LogP contribution in [-0.2, 0) is 13.6 Å². The van der Waals surface area contributed by atoms with Crippen LogP contribution in [0.2, 0.25) is 0 Å². The zero-order valence-electron chi connectivity index (χ0n) is 21.5. The van der Waals surface area contributed by atoms with Crippen molar-refractivity contribution in [1.29, 1.82) is 0 Å². The van der Waals surface area contributed by atoms with Crippen LogP contribution < -0.4 is 26.9 Å². The van der Waals surface area contributed by atoms with Gasteiger partial charge in [0, 0.05) is 6.54 Å². The van der Waals surface area contributed by atoms with Crippen molar-refractivity contribution >= 4 is 53.6 Å². The van der Waals surface area contributed by atoms with E-state index in [0.717, 1.165) is 52.7 Å². The zero-order valence-corrected chi connectivity index (χ0v) is 27.4. The fourth-order valence-electron chi connectivity index (χ4n) is 4.60. The van der Waals surface area contributed by atoms with Crippen molar-refractivity contribution in [2.75, 3.05) is 31.5 Å². The molecule has 0 bridgehead atoms. The van der Waals surface area contributed by atoms with Gasteiger partial charge in [-0.1, -0.05) is 0 Å². The number of likely N-dealkylation sites (N-methyl/N-ethyl adjacent to an activating group) is 1. The molecule has 7 nitrogen and oxygen atoms in total. The molecule has 1 saturated heterocycles. The molecule has 0 saturated carbocycles. The van der Waals surface area contributed by atoms with Crippen molar-refractivity contribution in [2.24, 2.45) is 5.73 Å². The van der Waals surface area contributed by atoms with Crippen LogP contribution in [0, 0.1) is 0 Å². The maximum atomic E-state index is 13.0. The maximum absolute atomic E-state index is 13.0. The quantitative estimate of drug-likeness (QED) is 0.174. The number of aromatic nitrogens is 1. The number of nitrogens with one attached hydrogen (secondary N) is 1. The van der Waals surface area contributed by atoms with Crippen molar-refractivity contribution in [2.45, 2.75) is 44.4 Å². The van der Waals surface area contributed by atoms with Crippen molar-refractivity contribution in [3.8, 4) is 11.1 Å². The van der Waals surface area contributed by atoms with Gasteiger partial charge in [-0.2, -0.15) is 0 Å². The first-order chi connectivity index (χ1) is 17.6. The average Bonchev–Trinajstić information content (AvgIpc) is 3.45. The number of primary amides is 1. The number of aromatic amines is 1. The number of aliphatic hydroxyl groups excluding tert-OH is 1. The number of carbonyl (C=O) groups excluding carboxylic acids is 1. The second-order valence-corrected chi connectivity index (χ2v) is 29.2. The number of hydrogen-bond donors (Lipinski definition) is 3. The minimum atomic E-state index is -2.95. The zero-order chi connectivity index (χ0) is 26.7. The van der Waals surface area contributed by atoms with Gasteiger partial charge in [-0.25, -0.2) is 0 Å². The molecular formula is C26H36I2N3O4S2-. The molecule has 1 atom stereocenters. The molecule has 206 valence electrons. The minimum absolute atomic E-state index is 0.0909. The summed E-state index contributed by atoms with van der Waals surface area (Å²) in [6, 6.07) is 6.17. The molecule has 37 heavy (non-hydrogen) atoms. The number of nitrogens with zero attached hydrogens (tertiary/aromatic N) is 1. The van der Waals surface area contributed by atoms with Gasteiger partial charge in [-0.15, -0.1) is 0 Å². The number of amides is 1. The van der Waals surface area contributed by atoms with Crippen LogP contribution in [-0.4, -0.2) is 66.1 Å². The van der Waals surface area contributed by atoms with Gasteiger partial charge in [0.2, 0.25) is 0 Å². The van der Waals surface area contributed by atoms with Crippen LogP contribution >= 0.6 is 29.8 Å². The molecule has 1 amide bonds. The summed E-state index contributed by atoms with van der Waals surface area (Å²) in [7, 11) is -0.964. The van der Waals surface area contributed by atoms with E-state index in [1.807, 2.05) is 33.2 Å². The van der Waals surface area contributed by atoms with Gasteiger partial charge in [-0.3, -0.25) is 0 Å². The fourth-order valence-corrected chi connectivity index (χ4v) is 34.0. The summed E-state index contributed by atoms with van der Waals surface area (Å²) in [5.41, 5.74) is 10.3. The van der Waals surface area contributed by atoms with E-state index in [0.29, 0.717) is 12.1 Å². The van der Waals surface area contributed by atoms with Crippen molar-refractivity contribution < 1.29 is 39.5 Å². The number of rotatable bonds is 9. The third-order valence-electron chi connectivity index (χ3n) is 6.73. The molecule has 0 radical (unpaired) electrons. The first kappa shape index (κ1) is 29.2. The second-order valence-electron chi connectivity index (χ2n) is 9.69. The Morgan fingerprint density at radius 3 is 2.78 bits per heavy atom. The molecule has 2 aromatic heterocycles. The van der Waals surface area contributed by atoms with E-state index >= 15 is 0 Å². The standard InChI is InChI=1S/C26H36I2N3O4S2/c1-17(2)37(34,35)28-7-5-18(4-6-27-16-28)24-13-30-25-22(24)11-19(12-23(25)26(29)33)20-10-21(36-15-20)14-31(3)8-9-32/h10-13,15,17-18,30,32H,4-9,14,16H2,1-3H3,(H2,29,33)/q-1. The summed E-state index contributed by atoms with van der Waals surface area (Å²) in [6.07, 6.45) is 3.98. The van der Waals surface area contributed by atoms with Gasteiger partial charge < -0.3 is 5.11 Å². The number of thiophene rings is 1. The van der Waals surface area contributed by atoms with Crippen LogP contribution in [0.5, 0.6) is 0 Å². The van der Waals surface area contributed by atoms with Crippen molar-refractivity contribution in [3.05, 3.63) is 45.8 Å². The molecule has 3 heterocycles. The van der Waals surface area contributed by atoms with E-state index in [-0.39, 0.29) is 39.0 Å². The van der Waals surface area contributed by atoms with Crippen molar-refractivity contribution in [3.63, 3.8) is 0 Å². The van der Waals surface area contributed by atoms with E-state index in [1.54, 1.807) is 11.3 Å². The van der Waals surface area contributed by atoms with Crippen LogP contribution in [0.3, 0.4) is 0 Å². The van der Waals surface area contributed by atoms with E-state index < -0.39 is 31.3 Å². The summed E-state index contributed by atoms with van der Waals surface area (Å²) in [4.78, 5) is 19.0. The van der Waals surface area contributed by atoms with E-state index in [2.05, 4.69) is 27.4 Å². The number of halogens is 2. The van der Waals surface area contributed by atoms with Gasteiger partial charge in [0.1, 0.15) is 0 Å². The fraction of sp³-hybridized carbons (Fsp3) is 0.500. The number of fused-ring (bicyclic) bond motifs is 1. The van der Waals surface area contributed by atoms with Gasteiger partial charge in [0.15, 0.2) is 0 Å². The molecule has 3 aromatic rings. The molecule has 1 aliphatic heterocycles. The molecular weight excluding hydrogens is 736 g/mol. The first-order valence-corrected chi connectivity index (χ1v) is 23.4. The Morgan fingerprint density at radius 1 is 1.30 bits per heavy atom. The SMILES string of the molecule is CC(C)S(=O)(=O)I1CCC(c2c[nH]c3c(C(N)=O)cc(-c4csc(CN(C)CCO)c4)cc23)CC[I-]C1. The van der Waals surface area contributed by atoms with Crippen LogP contribution in [0.1, 0.15) is 53.4 Å². The Labute approximate surface area is 239 Å². The Kier molecular flexibility index (Phi) is 9.98. The third kappa shape index (κ3) is 6.71. The Balaban J connectivity index is 1.68. The number of alkyl halides is 4. The average molecular weight is 773 g/mol. The van der Waals surface area contributed by atoms with Gasteiger partial charge >= 0.3 is 216 Å². The monoisotopic (exact) mass is 772 g/mol. The molecule has 1 aliphatic rings. The molecule has 1 unspecified atom stereocenters. The Morgan fingerprint density at radius 2 is 2.08 bits per heavy atom. The normalized spacial score (nSPS) is 18.6. The van der Waals surface area contributed by atoms with E-state index in [4.69, 9.17) is 5.73 Å².